The third kappa shape index (κ3) is 3.20. The highest BCUT2D eigenvalue weighted by Crippen LogP contribution is 2.25. The zero-order chi connectivity index (χ0) is 17.4. The van der Waals surface area contributed by atoms with Crippen molar-refractivity contribution in [2.24, 2.45) is 0 Å². The van der Waals surface area contributed by atoms with Gasteiger partial charge in [-0.15, -0.1) is 21.5 Å². The van der Waals surface area contributed by atoms with Crippen molar-refractivity contribution in [1.29, 1.82) is 0 Å². The third-order valence-corrected chi connectivity index (χ3v) is 5.80. The van der Waals surface area contributed by atoms with Crippen molar-refractivity contribution in [3.05, 3.63) is 68.8 Å². The van der Waals surface area contributed by atoms with E-state index in [0.29, 0.717) is 26.6 Å². The summed E-state index contributed by atoms with van der Waals surface area (Å²) in [7, 11) is 0. The summed E-state index contributed by atoms with van der Waals surface area (Å²) in [5, 5.41) is 11.4. The Balaban J connectivity index is 1.60. The zero-order valence-electron chi connectivity index (χ0n) is 13.1. The van der Waals surface area contributed by atoms with Crippen LogP contribution in [0.25, 0.3) is 10.6 Å². The summed E-state index contributed by atoms with van der Waals surface area (Å²) in [6, 6.07) is 7.36. The molecule has 0 saturated heterocycles. The van der Waals surface area contributed by atoms with E-state index in [2.05, 4.69) is 15.2 Å². The predicted molar refractivity (Wildman–Crippen MR) is 100 cm³/mol. The summed E-state index contributed by atoms with van der Waals surface area (Å²) in [6.07, 6.45) is 3.37. The lowest BCUT2D eigenvalue weighted by molar-refractivity contribution is 0.882. The third-order valence-electron chi connectivity index (χ3n) is 3.66. The molecule has 0 bridgehead atoms. The maximum Gasteiger partial charge on any atom is 0.258 e. The minimum absolute atomic E-state index is 0.0753. The molecule has 25 heavy (non-hydrogen) atoms. The smallest absolute Gasteiger partial charge is 0.258 e. The van der Waals surface area contributed by atoms with Gasteiger partial charge in [-0.3, -0.25) is 13.8 Å². The molecule has 0 fully saturated rings. The molecule has 0 spiro atoms. The molecular weight excluding hydrogens is 378 g/mol. The summed E-state index contributed by atoms with van der Waals surface area (Å²) >= 11 is 9.12. The van der Waals surface area contributed by atoms with Gasteiger partial charge in [0.2, 0.25) is 0 Å². The van der Waals surface area contributed by atoms with Crippen LogP contribution in [0.4, 0.5) is 0 Å². The lowest BCUT2D eigenvalue weighted by atomic mass is 10.2. The molecule has 0 N–H and O–H groups in total. The summed E-state index contributed by atoms with van der Waals surface area (Å²) in [6.45, 7) is 1.96. The zero-order valence-corrected chi connectivity index (χ0v) is 15.5. The van der Waals surface area contributed by atoms with Crippen LogP contribution in [0, 0.1) is 6.92 Å². The van der Waals surface area contributed by atoms with Gasteiger partial charge in [-0.05, 0) is 24.6 Å². The molecule has 9 heteroatoms. The Labute approximate surface area is 156 Å². The lowest BCUT2D eigenvalue weighted by Gasteiger charge is -2.07. The second-order valence-electron chi connectivity index (χ2n) is 5.35. The van der Waals surface area contributed by atoms with Crippen LogP contribution < -0.4 is 5.56 Å². The van der Waals surface area contributed by atoms with Crippen LogP contribution in [-0.4, -0.2) is 24.1 Å². The number of nitrogens with zero attached hydrogens (tertiary/aromatic N) is 5. The highest BCUT2D eigenvalue weighted by Gasteiger charge is 2.10. The van der Waals surface area contributed by atoms with Crippen molar-refractivity contribution < 1.29 is 0 Å². The molecule has 0 aliphatic carbocycles. The monoisotopic (exact) mass is 389 g/mol. The SMILES string of the molecule is Cc1ccc(-n2cnnc2SCc2cc(=O)n3ccsc3n2)cc1Cl. The lowest BCUT2D eigenvalue weighted by Crippen LogP contribution is -2.12. The molecule has 1 aromatic carbocycles. The van der Waals surface area contributed by atoms with Gasteiger partial charge in [0.1, 0.15) is 6.33 Å². The Bertz CT molecular complexity index is 1120. The molecule has 0 saturated carbocycles. The quantitative estimate of drug-likeness (QED) is 0.499. The normalized spacial score (nSPS) is 11.3. The molecule has 0 aliphatic heterocycles. The number of halogens is 1. The maximum atomic E-state index is 12.1. The second kappa shape index (κ2) is 6.62. The fourth-order valence-electron chi connectivity index (χ4n) is 2.33. The van der Waals surface area contributed by atoms with Gasteiger partial charge in [-0.1, -0.05) is 29.4 Å². The number of thioether (sulfide) groups is 1. The first kappa shape index (κ1) is 16.3. The fourth-order valence-corrected chi connectivity index (χ4v) is 4.07. The van der Waals surface area contributed by atoms with E-state index in [1.807, 2.05) is 35.1 Å². The minimum atomic E-state index is -0.0753. The van der Waals surface area contributed by atoms with E-state index < -0.39 is 0 Å². The molecule has 0 amide bonds. The molecule has 4 rings (SSSR count). The summed E-state index contributed by atoms with van der Waals surface area (Å²) < 4.78 is 3.40. The van der Waals surface area contributed by atoms with Crippen LogP contribution in [0.3, 0.4) is 0 Å². The first-order valence-corrected chi connectivity index (χ1v) is 9.61. The van der Waals surface area contributed by atoms with E-state index in [0.717, 1.165) is 11.3 Å². The molecular formula is C16H12ClN5OS2. The average Bonchev–Trinajstić information content (AvgIpc) is 3.24. The number of aryl methyl sites for hydroxylation is 1. The number of fused-ring (bicyclic) bond motifs is 1. The van der Waals surface area contributed by atoms with Crippen molar-refractivity contribution in [2.45, 2.75) is 17.8 Å². The van der Waals surface area contributed by atoms with E-state index in [4.69, 9.17) is 11.6 Å². The number of aromatic nitrogens is 5. The molecule has 0 aliphatic rings. The molecule has 0 atom stereocenters. The average molecular weight is 390 g/mol. The van der Waals surface area contributed by atoms with E-state index in [9.17, 15) is 4.79 Å². The van der Waals surface area contributed by atoms with Crippen LogP contribution in [0.15, 0.2) is 52.1 Å². The van der Waals surface area contributed by atoms with Crippen LogP contribution in [0.5, 0.6) is 0 Å². The highest BCUT2D eigenvalue weighted by atomic mass is 35.5. The predicted octanol–water partition coefficient (Wildman–Crippen LogP) is 3.59. The summed E-state index contributed by atoms with van der Waals surface area (Å²) in [5.74, 6) is 0.530. The second-order valence-corrected chi connectivity index (χ2v) is 7.57. The van der Waals surface area contributed by atoms with Gasteiger partial charge >= 0.3 is 0 Å². The van der Waals surface area contributed by atoms with Gasteiger partial charge in [0.05, 0.1) is 11.4 Å². The van der Waals surface area contributed by atoms with Crippen molar-refractivity contribution in [2.75, 3.05) is 0 Å². The Kier molecular flexibility index (Phi) is 4.32. The van der Waals surface area contributed by atoms with Crippen molar-refractivity contribution >= 4 is 39.7 Å². The summed E-state index contributed by atoms with van der Waals surface area (Å²) in [4.78, 5) is 17.2. The van der Waals surface area contributed by atoms with Crippen molar-refractivity contribution in [3.63, 3.8) is 0 Å². The van der Waals surface area contributed by atoms with E-state index in [-0.39, 0.29) is 5.56 Å². The molecule has 6 nitrogen and oxygen atoms in total. The van der Waals surface area contributed by atoms with Crippen molar-refractivity contribution in [3.8, 4) is 5.69 Å². The molecule has 0 unspecified atom stereocenters. The minimum Gasteiger partial charge on any atom is -0.277 e. The van der Waals surface area contributed by atoms with E-state index in [1.165, 1.54) is 27.5 Å². The number of hydrogen-bond acceptors (Lipinski definition) is 6. The fraction of sp³-hybridized carbons (Fsp3) is 0.125. The van der Waals surface area contributed by atoms with Gasteiger partial charge in [0.15, 0.2) is 10.1 Å². The van der Waals surface area contributed by atoms with Crippen molar-refractivity contribution in [1.82, 2.24) is 24.1 Å². The Morgan fingerprint density at radius 3 is 3.04 bits per heavy atom. The maximum absolute atomic E-state index is 12.1. The van der Waals surface area contributed by atoms with Gasteiger partial charge in [0, 0.05) is 28.4 Å². The topological polar surface area (TPSA) is 65.1 Å². The standard InChI is InChI=1S/C16H12ClN5OS2/c1-10-2-3-12(7-13(10)17)22-9-18-20-16(22)25-8-11-6-14(23)21-4-5-24-15(21)19-11/h2-7,9H,8H2,1H3. The van der Waals surface area contributed by atoms with E-state index >= 15 is 0 Å². The molecule has 126 valence electrons. The number of thiazole rings is 1. The Morgan fingerprint density at radius 1 is 1.32 bits per heavy atom. The van der Waals surface area contributed by atoms with Crippen LogP contribution in [-0.2, 0) is 5.75 Å². The van der Waals surface area contributed by atoms with Crippen LogP contribution in [0.2, 0.25) is 5.02 Å². The Morgan fingerprint density at radius 2 is 2.20 bits per heavy atom. The van der Waals surface area contributed by atoms with E-state index in [1.54, 1.807) is 18.6 Å². The van der Waals surface area contributed by atoms with Gasteiger partial charge < -0.3 is 0 Å². The van der Waals surface area contributed by atoms with Gasteiger partial charge in [-0.25, -0.2) is 4.98 Å². The number of rotatable bonds is 4. The number of hydrogen-bond donors (Lipinski definition) is 0. The molecule has 3 aromatic heterocycles. The van der Waals surface area contributed by atoms with Crippen LogP contribution >= 0.6 is 34.7 Å². The number of benzene rings is 1. The first-order chi connectivity index (χ1) is 12.1. The first-order valence-electron chi connectivity index (χ1n) is 7.37. The molecule has 3 heterocycles. The van der Waals surface area contributed by atoms with Gasteiger partial charge in [-0.2, -0.15) is 0 Å². The molecule has 0 radical (unpaired) electrons. The molecule has 4 aromatic rings. The largest absolute Gasteiger partial charge is 0.277 e. The highest BCUT2D eigenvalue weighted by molar-refractivity contribution is 7.98. The van der Waals surface area contributed by atoms with Crippen LogP contribution in [0.1, 0.15) is 11.3 Å². The van der Waals surface area contributed by atoms with Gasteiger partial charge in [0.25, 0.3) is 5.56 Å². The Hall–Kier alpha value is -2.16. The summed E-state index contributed by atoms with van der Waals surface area (Å²) in [5.41, 5.74) is 2.55.